The van der Waals surface area contributed by atoms with E-state index in [1.165, 1.54) is 6.42 Å². The van der Waals surface area contributed by atoms with E-state index < -0.39 is 0 Å². The zero-order valence-electron chi connectivity index (χ0n) is 11.8. The number of hydrogen-bond acceptors (Lipinski definition) is 4. The Morgan fingerprint density at radius 2 is 2.15 bits per heavy atom. The molecular formula is C16H21NO3. The maximum Gasteiger partial charge on any atom is 0.171 e. The highest BCUT2D eigenvalue weighted by molar-refractivity contribution is 6.01. The Morgan fingerprint density at radius 1 is 1.30 bits per heavy atom. The number of carbonyl (C=O) groups excluding carboxylic acids is 1. The lowest BCUT2D eigenvalue weighted by atomic mass is 9.83. The fourth-order valence-corrected chi connectivity index (χ4v) is 3.34. The van der Waals surface area contributed by atoms with Gasteiger partial charge in [0.1, 0.15) is 12.4 Å². The van der Waals surface area contributed by atoms with Crippen LogP contribution in [0.2, 0.25) is 0 Å². The quantitative estimate of drug-likeness (QED) is 0.637. The summed E-state index contributed by atoms with van der Waals surface area (Å²) in [6, 6.07) is 8.43. The number of hydrogen-bond donors (Lipinski definition) is 1. The van der Waals surface area contributed by atoms with Crippen molar-refractivity contribution in [1.82, 2.24) is 5.32 Å². The van der Waals surface area contributed by atoms with Gasteiger partial charge >= 0.3 is 0 Å². The third-order valence-electron chi connectivity index (χ3n) is 4.33. The van der Waals surface area contributed by atoms with E-state index in [-0.39, 0.29) is 11.7 Å². The Kier molecular flexibility index (Phi) is 4.03. The first-order valence-electron chi connectivity index (χ1n) is 7.30. The minimum atomic E-state index is 0.112. The summed E-state index contributed by atoms with van der Waals surface area (Å²) in [5, 5.41) is 3.52. The second-order valence-electron chi connectivity index (χ2n) is 5.59. The van der Waals surface area contributed by atoms with Gasteiger partial charge in [0, 0.05) is 25.1 Å². The SMILES string of the molecule is COCCOc1ccccc1C(=O)C1CC2CCC1N2. The first-order chi connectivity index (χ1) is 9.79. The van der Waals surface area contributed by atoms with Crippen molar-refractivity contribution in [1.29, 1.82) is 0 Å². The predicted octanol–water partition coefficient (Wildman–Crippen LogP) is 2.04. The van der Waals surface area contributed by atoms with Gasteiger partial charge in [-0.05, 0) is 31.4 Å². The van der Waals surface area contributed by atoms with E-state index >= 15 is 0 Å². The highest BCUT2D eigenvalue weighted by Crippen LogP contribution is 2.36. The van der Waals surface area contributed by atoms with E-state index in [4.69, 9.17) is 9.47 Å². The fourth-order valence-electron chi connectivity index (χ4n) is 3.34. The van der Waals surface area contributed by atoms with Crippen molar-refractivity contribution < 1.29 is 14.3 Å². The molecule has 108 valence electrons. The van der Waals surface area contributed by atoms with Gasteiger partial charge < -0.3 is 14.8 Å². The van der Waals surface area contributed by atoms with Gasteiger partial charge in [0.2, 0.25) is 0 Å². The Balaban J connectivity index is 1.74. The molecule has 20 heavy (non-hydrogen) atoms. The van der Waals surface area contributed by atoms with Crippen LogP contribution in [0.25, 0.3) is 0 Å². The number of nitrogens with one attached hydrogen (secondary N) is 1. The Bertz CT molecular complexity index is 488. The van der Waals surface area contributed by atoms with Gasteiger partial charge in [-0.2, -0.15) is 0 Å². The summed E-state index contributed by atoms with van der Waals surface area (Å²) in [5.41, 5.74) is 0.711. The fraction of sp³-hybridized carbons (Fsp3) is 0.562. The minimum Gasteiger partial charge on any atom is -0.490 e. The molecule has 0 saturated carbocycles. The second-order valence-corrected chi connectivity index (χ2v) is 5.59. The van der Waals surface area contributed by atoms with Crippen LogP contribution in [0.5, 0.6) is 5.75 Å². The standard InChI is InChI=1S/C16H21NO3/c1-19-8-9-20-15-5-3-2-4-12(15)16(18)13-10-11-6-7-14(13)17-11/h2-5,11,13-14,17H,6-10H2,1H3. The van der Waals surface area contributed by atoms with Gasteiger partial charge in [0.05, 0.1) is 12.2 Å². The van der Waals surface area contributed by atoms with Crippen molar-refractivity contribution in [3.8, 4) is 5.75 Å². The number of carbonyl (C=O) groups is 1. The van der Waals surface area contributed by atoms with Crippen molar-refractivity contribution in [2.45, 2.75) is 31.3 Å². The smallest absolute Gasteiger partial charge is 0.171 e. The molecular weight excluding hydrogens is 254 g/mol. The number of rotatable bonds is 6. The largest absolute Gasteiger partial charge is 0.490 e. The highest BCUT2D eigenvalue weighted by atomic mass is 16.5. The highest BCUT2D eigenvalue weighted by Gasteiger charge is 2.43. The molecule has 2 aliphatic rings. The molecule has 2 bridgehead atoms. The molecule has 1 N–H and O–H groups in total. The third-order valence-corrected chi connectivity index (χ3v) is 4.33. The molecule has 3 atom stereocenters. The number of ether oxygens (including phenoxy) is 2. The second kappa shape index (κ2) is 5.94. The summed E-state index contributed by atoms with van der Waals surface area (Å²) in [6.07, 6.45) is 3.30. The van der Waals surface area contributed by atoms with Crippen molar-refractivity contribution >= 4 is 5.78 Å². The Morgan fingerprint density at radius 3 is 2.85 bits per heavy atom. The Labute approximate surface area is 119 Å². The van der Waals surface area contributed by atoms with Gasteiger partial charge in [-0.15, -0.1) is 0 Å². The van der Waals surface area contributed by atoms with Gasteiger partial charge in [-0.3, -0.25) is 4.79 Å². The monoisotopic (exact) mass is 275 g/mol. The van der Waals surface area contributed by atoms with Crippen molar-refractivity contribution in [3.05, 3.63) is 29.8 Å². The van der Waals surface area contributed by atoms with E-state index in [0.29, 0.717) is 36.6 Å². The molecule has 0 radical (unpaired) electrons. The zero-order valence-corrected chi connectivity index (χ0v) is 11.8. The van der Waals surface area contributed by atoms with Crippen molar-refractivity contribution in [2.75, 3.05) is 20.3 Å². The molecule has 3 rings (SSSR count). The van der Waals surface area contributed by atoms with Crippen LogP contribution < -0.4 is 10.1 Å². The lowest BCUT2D eigenvalue weighted by molar-refractivity contribution is 0.0893. The number of fused-ring (bicyclic) bond motifs is 2. The summed E-state index contributed by atoms with van der Waals surface area (Å²) in [4.78, 5) is 12.7. The lowest BCUT2D eigenvalue weighted by Crippen LogP contribution is -2.29. The summed E-state index contributed by atoms with van der Waals surface area (Å²) in [7, 11) is 1.64. The molecule has 3 unspecified atom stereocenters. The van der Waals surface area contributed by atoms with Crippen LogP contribution in [0.1, 0.15) is 29.6 Å². The van der Waals surface area contributed by atoms with Crippen LogP contribution in [0.4, 0.5) is 0 Å². The van der Waals surface area contributed by atoms with E-state index in [9.17, 15) is 4.79 Å². The maximum atomic E-state index is 12.7. The van der Waals surface area contributed by atoms with Crippen molar-refractivity contribution in [3.63, 3.8) is 0 Å². The molecule has 0 amide bonds. The number of ketones is 1. The minimum absolute atomic E-state index is 0.112. The molecule has 1 aromatic rings. The van der Waals surface area contributed by atoms with Crippen LogP contribution in [0, 0.1) is 5.92 Å². The van der Waals surface area contributed by atoms with Gasteiger partial charge in [0.15, 0.2) is 5.78 Å². The van der Waals surface area contributed by atoms with Crippen LogP contribution in [-0.4, -0.2) is 38.2 Å². The van der Waals surface area contributed by atoms with E-state index in [1.807, 2.05) is 24.3 Å². The summed E-state index contributed by atoms with van der Waals surface area (Å²) < 4.78 is 10.7. The van der Waals surface area contributed by atoms with Gasteiger partial charge in [0.25, 0.3) is 0 Å². The first-order valence-corrected chi connectivity index (χ1v) is 7.30. The summed E-state index contributed by atoms with van der Waals surface area (Å²) in [5.74, 6) is 1.01. The number of benzene rings is 1. The van der Waals surface area contributed by atoms with Gasteiger partial charge in [-0.1, -0.05) is 12.1 Å². The molecule has 1 aromatic carbocycles. The predicted molar refractivity (Wildman–Crippen MR) is 76.2 cm³/mol. The van der Waals surface area contributed by atoms with E-state index in [1.54, 1.807) is 7.11 Å². The summed E-state index contributed by atoms with van der Waals surface area (Å²) >= 11 is 0. The van der Waals surface area contributed by atoms with E-state index in [0.717, 1.165) is 12.8 Å². The van der Waals surface area contributed by atoms with E-state index in [2.05, 4.69) is 5.32 Å². The van der Waals surface area contributed by atoms with Gasteiger partial charge in [-0.25, -0.2) is 0 Å². The number of para-hydroxylation sites is 1. The maximum absolute atomic E-state index is 12.7. The Hall–Kier alpha value is -1.39. The number of Topliss-reactive ketones (excluding diaryl/α,β-unsaturated/α-hetero) is 1. The summed E-state index contributed by atoms with van der Waals surface area (Å²) in [6.45, 7) is 0.994. The average Bonchev–Trinajstić information content (AvgIpc) is 3.10. The zero-order chi connectivity index (χ0) is 13.9. The average molecular weight is 275 g/mol. The molecule has 4 heteroatoms. The van der Waals surface area contributed by atoms with Crippen LogP contribution in [-0.2, 0) is 4.74 Å². The molecule has 4 nitrogen and oxygen atoms in total. The molecule has 0 spiro atoms. The topological polar surface area (TPSA) is 47.6 Å². The molecule has 2 saturated heterocycles. The number of methoxy groups -OCH3 is 1. The van der Waals surface area contributed by atoms with Crippen LogP contribution >= 0.6 is 0 Å². The van der Waals surface area contributed by atoms with Crippen LogP contribution in [0.3, 0.4) is 0 Å². The van der Waals surface area contributed by atoms with Crippen molar-refractivity contribution in [2.24, 2.45) is 5.92 Å². The molecule has 0 aromatic heterocycles. The molecule has 0 aliphatic carbocycles. The molecule has 2 fully saturated rings. The van der Waals surface area contributed by atoms with Crippen LogP contribution in [0.15, 0.2) is 24.3 Å². The molecule has 2 aliphatic heterocycles. The third kappa shape index (κ3) is 2.58. The lowest BCUT2D eigenvalue weighted by Gasteiger charge is -2.20. The first kappa shape index (κ1) is 13.6. The normalized spacial score (nSPS) is 27.8. The molecule has 2 heterocycles.